The smallest absolute Gasteiger partial charge is 0.337 e. The fourth-order valence-electron chi connectivity index (χ4n) is 3.51. The number of nitrogens with one attached hydrogen (secondary N) is 2. The van der Waals surface area contributed by atoms with Gasteiger partial charge in [-0.25, -0.2) is 4.79 Å². The lowest BCUT2D eigenvalue weighted by atomic mass is 10.2. The maximum Gasteiger partial charge on any atom is 0.337 e. The summed E-state index contributed by atoms with van der Waals surface area (Å²) in [5.74, 6) is -1.08. The van der Waals surface area contributed by atoms with Crippen molar-refractivity contribution in [3.05, 3.63) is 35.5 Å². The second-order valence-corrected chi connectivity index (χ2v) is 7.03. The van der Waals surface area contributed by atoms with Crippen LogP contribution in [0.4, 0.5) is 11.4 Å². The van der Waals surface area contributed by atoms with Gasteiger partial charge in [0.05, 0.1) is 32.4 Å². The van der Waals surface area contributed by atoms with Crippen LogP contribution in [0.2, 0.25) is 0 Å². The Bertz CT molecular complexity index is 817. The van der Waals surface area contributed by atoms with Crippen molar-refractivity contribution >= 4 is 29.2 Å². The summed E-state index contributed by atoms with van der Waals surface area (Å²) in [5.41, 5.74) is 1.47. The molecule has 2 amide bonds. The topological polar surface area (TPSA) is 111 Å². The van der Waals surface area contributed by atoms with E-state index in [9.17, 15) is 14.4 Å². The lowest BCUT2D eigenvalue weighted by molar-refractivity contribution is -0.136. The molecule has 9 heteroatoms. The van der Waals surface area contributed by atoms with Gasteiger partial charge >= 0.3 is 5.97 Å². The van der Waals surface area contributed by atoms with Crippen molar-refractivity contribution in [1.82, 2.24) is 9.80 Å². The van der Waals surface area contributed by atoms with Crippen molar-refractivity contribution in [2.75, 3.05) is 57.1 Å². The van der Waals surface area contributed by atoms with E-state index in [0.29, 0.717) is 17.9 Å². The fourth-order valence-corrected chi connectivity index (χ4v) is 3.51. The third kappa shape index (κ3) is 5.12. The Morgan fingerprint density at radius 1 is 1.21 bits per heavy atom. The van der Waals surface area contributed by atoms with Gasteiger partial charge in [0.1, 0.15) is 5.70 Å². The number of nitrogens with zero attached hydrogens (tertiary/aromatic N) is 2. The highest BCUT2D eigenvalue weighted by molar-refractivity contribution is 6.08. The van der Waals surface area contributed by atoms with E-state index < -0.39 is 5.97 Å². The van der Waals surface area contributed by atoms with E-state index in [4.69, 9.17) is 9.84 Å². The largest absolute Gasteiger partial charge is 0.466 e. The van der Waals surface area contributed by atoms with Crippen LogP contribution in [-0.2, 0) is 19.1 Å². The molecule has 0 unspecified atom stereocenters. The Kier molecular flexibility index (Phi) is 6.84. The third-order valence-electron chi connectivity index (χ3n) is 4.94. The summed E-state index contributed by atoms with van der Waals surface area (Å²) in [6.45, 7) is 2.21. The van der Waals surface area contributed by atoms with Gasteiger partial charge in [0, 0.05) is 17.9 Å². The number of methoxy groups -OCH3 is 1. The predicted molar refractivity (Wildman–Crippen MR) is 107 cm³/mol. The van der Waals surface area contributed by atoms with Crippen molar-refractivity contribution in [3.63, 3.8) is 0 Å². The van der Waals surface area contributed by atoms with Crippen LogP contribution in [-0.4, -0.2) is 79.1 Å². The maximum atomic E-state index is 12.6. The number of hydrogen-bond acceptors (Lipinski definition) is 7. The van der Waals surface area contributed by atoms with E-state index in [-0.39, 0.29) is 42.8 Å². The minimum atomic E-state index is -0.601. The minimum Gasteiger partial charge on any atom is -0.466 e. The number of rotatable bonds is 8. The van der Waals surface area contributed by atoms with Gasteiger partial charge < -0.3 is 25.4 Å². The number of benzene rings is 1. The number of hydrogen-bond donors (Lipinski definition) is 3. The van der Waals surface area contributed by atoms with E-state index in [0.717, 1.165) is 25.9 Å². The monoisotopic (exact) mass is 402 g/mol. The molecule has 0 spiro atoms. The van der Waals surface area contributed by atoms with Crippen LogP contribution in [0, 0.1) is 0 Å². The van der Waals surface area contributed by atoms with Crippen molar-refractivity contribution in [3.8, 4) is 0 Å². The Morgan fingerprint density at radius 3 is 2.62 bits per heavy atom. The molecule has 1 aromatic carbocycles. The number of amides is 2. The minimum absolute atomic E-state index is 0.0701. The molecule has 0 atom stereocenters. The van der Waals surface area contributed by atoms with Crippen LogP contribution in [0.1, 0.15) is 12.8 Å². The van der Waals surface area contributed by atoms with E-state index in [1.807, 2.05) is 0 Å². The molecule has 0 saturated carbocycles. The molecule has 2 aliphatic heterocycles. The van der Waals surface area contributed by atoms with Gasteiger partial charge in [-0.05, 0) is 44.1 Å². The van der Waals surface area contributed by atoms with Gasteiger partial charge in [-0.1, -0.05) is 6.07 Å². The molecule has 156 valence electrons. The van der Waals surface area contributed by atoms with Crippen LogP contribution in [0.3, 0.4) is 0 Å². The first-order valence-corrected chi connectivity index (χ1v) is 9.62. The third-order valence-corrected chi connectivity index (χ3v) is 4.94. The first-order chi connectivity index (χ1) is 14.0. The first-order valence-electron chi connectivity index (χ1n) is 9.62. The zero-order chi connectivity index (χ0) is 20.8. The average Bonchev–Trinajstić information content (AvgIpc) is 3.31. The molecule has 1 fully saturated rings. The second-order valence-electron chi connectivity index (χ2n) is 7.03. The summed E-state index contributed by atoms with van der Waals surface area (Å²) in [4.78, 5) is 40.4. The molecular formula is C20H26N4O5. The summed E-state index contributed by atoms with van der Waals surface area (Å²) in [7, 11) is 1.25. The molecule has 29 heavy (non-hydrogen) atoms. The number of aliphatic hydroxyl groups excluding tert-OH is 1. The van der Waals surface area contributed by atoms with Crippen molar-refractivity contribution < 1.29 is 24.2 Å². The molecule has 0 bridgehead atoms. The Morgan fingerprint density at radius 2 is 1.93 bits per heavy atom. The molecule has 1 saturated heterocycles. The summed E-state index contributed by atoms with van der Waals surface area (Å²) in [6.07, 6.45) is 2.23. The molecule has 0 radical (unpaired) electrons. The number of anilines is 2. The fraction of sp³-hybridized carbons (Fsp3) is 0.450. The van der Waals surface area contributed by atoms with Gasteiger partial charge in [0.2, 0.25) is 5.91 Å². The normalized spacial score (nSPS) is 17.0. The quantitative estimate of drug-likeness (QED) is 0.540. The zero-order valence-corrected chi connectivity index (χ0v) is 16.4. The number of carbonyl (C=O) groups excluding carboxylic acids is 3. The van der Waals surface area contributed by atoms with E-state index in [2.05, 4.69) is 15.5 Å². The summed E-state index contributed by atoms with van der Waals surface area (Å²) < 4.78 is 4.78. The van der Waals surface area contributed by atoms with Gasteiger partial charge in [-0.3, -0.25) is 14.5 Å². The van der Waals surface area contributed by atoms with Crippen LogP contribution in [0.15, 0.2) is 35.5 Å². The molecule has 9 nitrogen and oxygen atoms in total. The highest BCUT2D eigenvalue weighted by Crippen LogP contribution is 2.24. The number of ether oxygens (including phenoxy) is 1. The van der Waals surface area contributed by atoms with Gasteiger partial charge in [-0.15, -0.1) is 0 Å². The van der Waals surface area contributed by atoms with Crippen LogP contribution in [0.5, 0.6) is 0 Å². The SMILES string of the molecule is COC(=O)C1=C(Nc2cccc(NC(=O)CN3CCCC3)c2)C(=O)N(CCO)C1. The Labute approximate surface area is 169 Å². The highest BCUT2D eigenvalue weighted by atomic mass is 16.5. The first kappa shape index (κ1) is 20.8. The Balaban J connectivity index is 1.71. The summed E-state index contributed by atoms with van der Waals surface area (Å²) in [5, 5.41) is 15.0. The van der Waals surface area contributed by atoms with Crippen LogP contribution in [0.25, 0.3) is 0 Å². The summed E-state index contributed by atoms with van der Waals surface area (Å²) in [6, 6.07) is 6.94. The van der Waals surface area contributed by atoms with E-state index >= 15 is 0 Å². The molecule has 0 aliphatic carbocycles. The standard InChI is InChI=1S/C20H26N4O5/c1-29-20(28)16-12-24(9-10-25)19(27)18(16)22-15-6-4-5-14(11-15)21-17(26)13-23-7-2-3-8-23/h4-6,11,22,25H,2-3,7-10,12-13H2,1H3,(H,21,26). The number of likely N-dealkylation sites (tertiary alicyclic amines) is 1. The number of aliphatic hydroxyl groups is 1. The van der Waals surface area contributed by atoms with E-state index in [1.54, 1.807) is 24.3 Å². The number of carbonyl (C=O) groups is 3. The second kappa shape index (κ2) is 9.53. The Hall–Kier alpha value is -2.91. The number of esters is 1. The molecule has 1 aromatic rings. The molecule has 3 N–H and O–H groups in total. The molecule has 2 aliphatic rings. The van der Waals surface area contributed by atoms with Gasteiger partial charge in [-0.2, -0.15) is 0 Å². The zero-order valence-electron chi connectivity index (χ0n) is 16.4. The van der Waals surface area contributed by atoms with E-state index in [1.165, 1.54) is 12.0 Å². The van der Waals surface area contributed by atoms with Crippen molar-refractivity contribution in [2.24, 2.45) is 0 Å². The van der Waals surface area contributed by atoms with Gasteiger partial charge in [0.25, 0.3) is 5.91 Å². The molecule has 3 rings (SSSR count). The van der Waals surface area contributed by atoms with Crippen molar-refractivity contribution in [1.29, 1.82) is 0 Å². The lowest BCUT2D eigenvalue weighted by Crippen LogP contribution is -2.31. The molecule has 0 aromatic heterocycles. The average molecular weight is 402 g/mol. The van der Waals surface area contributed by atoms with Crippen LogP contribution >= 0.6 is 0 Å². The number of β-amino-alcohol motifs (C(OH)–C–C–N with tert-alkyl or cyclic N) is 1. The molecule has 2 heterocycles. The lowest BCUT2D eigenvalue weighted by Gasteiger charge is -2.16. The van der Waals surface area contributed by atoms with Crippen molar-refractivity contribution in [2.45, 2.75) is 12.8 Å². The maximum absolute atomic E-state index is 12.6. The predicted octanol–water partition coefficient (Wildman–Crippen LogP) is 0.394. The summed E-state index contributed by atoms with van der Waals surface area (Å²) >= 11 is 0. The van der Waals surface area contributed by atoms with Crippen LogP contribution < -0.4 is 10.6 Å². The highest BCUT2D eigenvalue weighted by Gasteiger charge is 2.34. The molecular weight excluding hydrogens is 376 g/mol. The van der Waals surface area contributed by atoms with Gasteiger partial charge in [0.15, 0.2) is 0 Å².